The summed E-state index contributed by atoms with van der Waals surface area (Å²) in [5.74, 6) is 0. The maximum atomic E-state index is 6.40. The summed E-state index contributed by atoms with van der Waals surface area (Å²) in [4.78, 5) is 2.61. The van der Waals surface area contributed by atoms with Gasteiger partial charge in [-0.2, -0.15) is 0 Å². The van der Waals surface area contributed by atoms with Crippen molar-refractivity contribution in [3.8, 4) is 22.3 Å². The standard InChI is InChI=1S/C42H22BNOS3/c1-5-15-32-26(11-1)37-24(14-9-16-33(37)45-32)23-20-29-38-27-12-3-7-18-35(27)47-41(38)43-39(29)30(21-23)44(31-22-46-34-17-6-2-10-25(31)34)40-28-13-4-8-19-36(28)48-42(40)43/h1-22H. The monoisotopic (exact) mass is 663 g/mol. The maximum absolute atomic E-state index is 6.40. The lowest BCUT2D eigenvalue weighted by Gasteiger charge is -2.34. The zero-order valence-electron chi connectivity index (χ0n) is 25.4. The van der Waals surface area contributed by atoms with Gasteiger partial charge in [-0.15, -0.1) is 34.0 Å². The van der Waals surface area contributed by atoms with Crippen molar-refractivity contribution in [1.29, 1.82) is 0 Å². The second kappa shape index (κ2) is 9.27. The van der Waals surface area contributed by atoms with Crippen molar-refractivity contribution in [3.05, 3.63) is 133 Å². The van der Waals surface area contributed by atoms with Crippen LogP contribution in [0.2, 0.25) is 0 Å². The molecular weight excluding hydrogens is 641 g/mol. The van der Waals surface area contributed by atoms with Crippen LogP contribution in [-0.4, -0.2) is 6.71 Å². The molecule has 2 aliphatic rings. The van der Waals surface area contributed by atoms with Gasteiger partial charge in [-0.1, -0.05) is 84.9 Å². The largest absolute Gasteiger partial charge is 0.456 e. The highest BCUT2D eigenvalue weighted by Crippen LogP contribution is 2.51. The van der Waals surface area contributed by atoms with Gasteiger partial charge in [0, 0.05) is 51.5 Å². The van der Waals surface area contributed by atoms with Crippen molar-refractivity contribution in [3.63, 3.8) is 0 Å². The molecule has 6 heteroatoms. The number of fused-ring (bicyclic) bond motifs is 13. The fourth-order valence-corrected chi connectivity index (χ4v) is 12.1. The molecule has 0 fully saturated rings. The lowest BCUT2D eigenvalue weighted by molar-refractivity contribution is 0.669. The molecule has 0 bridgehead atoms. The van der Waals surface area contributed by atoms with E-state index in [2.05, 4.69) is 138 Å². The van der Waals surface area contributed by atoms with Crippen LogP contribution >= 0.6 is 34.0 Å². The second-order valence-corrected chi connectivity index (χ2v) is 15.8. The first-order valence-electron chi connectivity index (χ1n) is 16.2. The summed E-state index contributed by atoms with van der Waals surface area (Å²) in [6, 6.07) is 46.7. The molecule has 0 N–H and O–H groups in total. The molecule has 48 heavy (non-hydrogen) atoms. The van der Waals surface area contributed by atoms with Gasteiger partial charge >= 0.3 is 0 Å². The first kappa shape index (κ1) is 25.9. The van der Waals surface area contributed by atoms with E-state index in [1.54, 1.807) is 0 Å². The SMILES string of the molecule is c1ccc2c(c1)oc1cccc(-c3cc4c5c(c3)N(c3csc6ccccc36)c3c(sc6ccccc36)B5c3sc5ccccc5c3-4)c12. The van der Waals surface area contributed by atoms with Crippen LogP contribution in [0.3, 0.4) is 0 Å². The van der Waals surface area contributed by atoms with Crippen LogP contribution in [0.5, 0.6) is 0 Å². The van der Waals surface area contributed by atoms with Gasteiger partial charge in [0.25, 0.3) is 6.71 Å². The fraction of sp³-hybridized carbons (Fsp3) is 0. The van der Waals surface area contributed by atoms with Crippen LogP contribution in [0.1, 0.15) is 0 Å². The van der Waals surface area contributed by atoms with E-state index in [9.17, 15) is 0 Å². The molecule has 2 nitrogen and oxygen atoms in total. The number of furan rings is 1. The number of hydrogen-bond acceptors (Lipinski definition) is 5. The quantitative estimate of drug-likeness (QED) is 0.171. The molecule has 0 radical (unpaired) electrons. The van der Waals surface area contributed by atoms with Crippen LogP contribution in [0.25, 0.3) is 74.5 Å². The molecule has 6 heterocycles. The summed E-state index contributed by atoms with van der Waals surface area (Å²) in [5, 5.41) is 8.67. The number of thiophene rings is 3. The molecule has 12 rings (SSSR count). The molecule has 222 valence electrons. The summed E-state index contributed by atoms with van der Waals surface area (Å²) in [6.45, 7) is 0.204. The Kier molecular flexibility index (Phi) is 5.00. The van der Waals surface area contributed by atoms with Gasteiger partial charge in [-0.25, -0.2) is 0 Å². The first-order valence-corrected chi connectivity index (χ1v) is 18.7. The third kappa shape index (κ3) is 3.23. The molecule has 4 aromatic heterocycles. The number of rotatable bonds is 2. The highest BCUT2D eigenvalue weighted by molar-refractivity contribution is 7.41. The molecule has 10 aromatic rings. The van der Waals surface area contributed by atoms with E-state index in [0.29, 0.717) is 0 Å². The lowest BCUT2D eigenvalue weighted by Crippen LogP contribution is -2.52. The Bertz CT molecular complexity index is 3000. The van der Waals surface area contributed by atoms with Crippen molar-refractivity contribution in [2.45, 2.75) is 0 Å². The first-order chi connectivity index (χ1) is 23.8. The third-order valence-electron chi connectivity index (χ3n) is 10.3. The molecule has 0 amide bonds. The van der Waals surface area contributed by atoms with Gasteiger partial charge in [0.15, 0.2) is 0 Å². The lowest BCUT2D eigenvalue weighted by atomic mass is 9.43. The molecular formula is C42H22BNOS3. The van der Waals surface area contributed by atoms with E-state index in [-0.39, 0.29) is 6.71 Å². The van der Waals surface area contributed by atoms with Crippen molar-refractivity contribution >= 4 is 125 Å². The summed E-state index contributed by atoms with van der Waals surface area (Å²) in [7, 11) is 0. The minimum Gasteiger partial charge on any atom is -0.456 e. The Labute approximate surface area is 287 Å². The topological polar surface area (TPSA) is 16.4 Å². The summed E-state index contributed by atoms with van der Waals surface area (Å²) >= 11 is 5.78. The van der Waals surface area contributed by atoms with Crippen LogP contribution in [0.4, 0.5) is 17.1 Å². The molecule has 6 aromatic carbocycles. The van der Waals surface area contributed by atoms with Gasteiger partial charge in [-0.05, 0) is 80.3 Å². The summed E-state index contributed by atoms with van der Waals surface area (Å²) in [6.07, 6.45) is 0. The van der Waals surface area contributed by atoms with E-state index >= 15 is 0 Å². The Morgan fingerprint density at radius 3 is 2.10 bits per heavy atom. The van der Waals surface area contributed by atoms with Gasteiger partial charge < -0.3 is 9.32 Å². The number of para-hydroxylation sites is 1. The minimum absolute atomic E-state index is 0.204. The molecule has 0 atom stereocenters. The van der Waals surface area contributed by atoms with E-state index in [1.807, 2.05) is 34.0 Å². The van der Waals surface area contributed by atoms with Gasteiger partial charge in [0.1, 0.15) is 11.2 Å². The Balaban J connectivity index is 1.26. The average Bonchev–Trinajstić information content (AvgIpc) is 3.94. The highest BCUT2D eigenvalue weighted by Gasteiger charge is 2.47. The molecule has 0 saturated carbocycles. The minimum atomic E-state index is 0.204. The summed E-state index contributed by atoms with van der Waals surface area (Å²) in [5.41, 5.74) is 12.3. The van der Waals surface area contributed by atoms with E-state index in [0.717, 1.165) is 16.6 Å². The second-order valence-electron chi connectivity index (χ2n) is 12.8. The molecule has 0 spiro atoms. The van der Waals surface area contributed by atoms with Crippen LogP contribution in [0, 0.1) is 0 Å². The van der Waals surface area contributed by atoms with Gasteiger partial charge in [0.2, 0.25) is 0 Å². The highest BCUT2D eigenvalue weighted by atomic mass is 32.1. The number of nitrogens with zero attached hydrogens (tertiary/aromatic N) is 1. The van der Waals surface area contributed by atoms with Gasteiger partial charge in [-0.3, -0.25) is 0 Å². The smallest absolute Gasteiger partial charge is 0.273 e. The predicted octanol–water partition coefficient (Wildman–Crippen LogP) is 11.2. The van der Waals surface area contributed by atoms with Crippen LogP contribution < -0.4 is 19.9 Å². The summed E-state index contributed by atoms with van der Waals surface area (Å²) < 4.78 is 13.3. The zero-order valence-corrected chi connectivity index (χ0v) is 27.8. The van der Waals surface area contributed by atoms with E-state index < -0.39 is 0 Å². The normalized spacial score (nSPS) is 13.3. The zero-order chi connectivity index (χ0) is 31.1. The Hall–Kier alpha value is -5.14. The van der Waals surface area contributed by atoms with E-state index in [4.69, 9.17) is 4.42 Å². The maximum Gasteiger partial charge on any atom is 0.273 e. The fourth-order valence-electron chi connectivity index (χ4n) is 8.42. The third-order valence-corrected chi connectivity index (χ3v) is 13.7. The molecule has 0 aliphatic carbocycles. The van der Waals surface area contributed by atoms with Crippen molar-refractivity contribution < 1.29 is 4.42 Å². The molecule has 2 aliphatic heterocycles. The number of anilines is 3. The number of hydrogen-bond donors (Lipinski definition) is 0. The van der Waals surface area contributed by atoms with Gasteiger partial charge in [0.05, 0.1) is 11.4 Å². The van der Waals surface area contributed by atoms with Crippen molar-refractivity contribution in [2.75, 3.05) is 4.90 Å². The predicted molar refractivity (Wildman–Crippen MR) is 210 cm³/mol. The van der Waals surface area contributed by atoms with Crippen LogP contribution in [-0.2, 0) is 0 Å². The average molecular weight is 664 g/mol. The number of benzene rings is 6. The van der Waals surface area contributed by atoms with E-state index in [1.165, 1.54) is 90.0 Å². The molecule has 0 saturated heterocycles. The Morgan fingerprint density at radius 1 is 0.542 bits per heavy atom. The van der Waals surface area contributed by atoms with Crippen molar-refractivity contribution in [2.24, 2.45) is 0 Å². The van der Waals surface area contributed by atoms with Crippen LogP contribution in [0.15, 0.2) is 137 Å². The van der Waals surface area contributed by atoms with Crippen molar-refractivity contribution in [1.82, 2.24) is 0 Å². The molecule has 0 unspecified atom stereocenters. The Morgan fingerprint density at radius 2 is 1.23 bits per heavy atom.